The molecule has 0 heterocycles. The van der Waals surface area contributed by atoms with Crippen LogP contribution in [0.5, 0.6) is 0 Å². The van der Waals surface area contributed by atoms with Crippen molar-refractivity contribution in [3.8, 4) is 0 Å². The minimum absolute atomic E-state index is 0.208. The molecule has 2 N–H and O–H groups in total. The molecule has 0 radical (unpaired) electrons. The molecule has 0 aromatic rings. The molecule has 0 unspecified atom stereocenters. The summed E-state index contributed by atoms with van der Waals surface area (Å²) in [4.78, 5) is 21.4. The zero-order valence-corrected chi connectivity index (χ0v) is 8.74. The number of carbonyl (C=O) groups is 2. The van der Waals surface area contributed by atoms with Crippen LogP contribution in [0.1, 0.15) is 20.8 Å². The molecule has 0 rings (SSSR count). The molecule has 0 fully saturated rings. The molecule has 0 aliphatic carbocycles. The third kappa shape index (κ3) is 6.42. The Hall–Kier alpha value is -1.10. The van der Waals surface area contributed by atoms with Gasteiger partial charge in [0.15, 0.2) is 6.10 Å². The van der Waals surface area contributed by atoms with Gasteiger partial charge in [0.2, 0.25) is 5.91 Å². The second-order valence-electron chi connectivity index (χ2n) is 3.49. The fourth-order valence-electron chi connectivity index (χ4n) is 0.641. The number of amides is 1. The zero-order valence-electron chi connectivity index (χ0n) is 8.74. The highest BCUT2D eigenvalue weighted by atomic mass is 16.5. The molecule has 14 heavy (non-hydrogen) atoms. The van der Waals surface area contributed by atoms with Crippen molar-refractivity contribution >= 4 is 11.9 Å². The topological polar surface area (TPSA) is 75.6 Å². The lowest BCUT2D eigenvalue weighted by molar-refractivity contribution is -0.150. The van der Waals surface area contributed by atoms with Crippen molar-refractivity contribution in [2.24, 2.45) is 5.92 Å². The van der Waals surface area contributed by atoms with Crippen LogP contribution in [-0.4, -0.2) is 36.2 Å². The van der Waals surface area contributed by atoms with Gasteiger partial charge in [-0.05, 0) is 12.8 Å². The molecule has 5 nitrogen and oxygen atoms in total. The first kappa shape index (κ1) is 12.9. The minimum Gasteiger partial charge on any atom is -0.479 e. The fourth-order valence-corrected chi connectivity index (χ4v) is 0.641. The van der Waals surface area contributed by atoms with E-state index in [2.05, 4.69) is 5.32 Å². The number of carboxylic acids is 1. The number of carboxylic acid groups (broad SMARTS) is 1. The van der Waals surface area contributed by atoms with E-state index in [9.17, 15) is 9.59 Å². The van der Waals surface area contributed by atoms with E-state index >= 15 is 0 Å². The average molecular weight is 203 g/mol. The fraction of sp³-hybridized carbons (Fsp3) is 0.778. The van der Waals surface area contributed by atoms with Gasteiger partial charge in [-0.2, -0.15) is 0 Å². The van der Waals surface area contributed by atoms with Crippen LogP contribution in [0, 0.1) is 5.92 Å². The van der Waals surface area contributed by atoms with Gasteiger partial charge in [0, 0.05) is 6.54 Å². The first-order chi connectivity index (χ1) is 6.43. The highest BCUT2D eigenvalue weighted by Gasteiger charge is 2.12. The molecular formula is C9H17NO4. The Kier molecular flexibility index (Phi) is 5.87. The number of rotatable bonds is 6. The van der Waals surface area contributed by atoms with Crippen molar-refractivity contribution in [3.63, 3.8) is 0 Å². The Labute approximate surface area is 83.4 Å². The second kappa shape index (κ2) is 6.37. The second-order valence-corrected chi connectivity index (χ2v) is 3.49. The number of hydrogen-bond donors (Lipinski definition) is 2. The summed E-state index contributed by atoms with van der Waals surface area (Å²) < 4.78 is 4.79. The van der Waals surface area contributed by atoms with E-state index in [4.69, 9.17) is 9.84 Å². The molecule has 82 valence electrons. The van der Waals surface area contributed by atoms with Gasteiger partial charge in [-0.15, -0.1) is 0 Å². The van der Waals surface area contributed by atoms with Gasteiger partial charge < -0.3 is 15.2 Å². The summed E-state index contributed by atoms with van der Waals surface area (Å²) in [6, 6.07) is 0. The van der Waals surface area contributed by atoms with Crippen molar-refractivity contribution in [1.82, 2.24) is 5.32 Å². The predicted octanol–water partition coefficient (Wildman–Crippen LogP) is 0.248. The highest BCUT2D eigenvalue weighted by Crippen LogP contribution is 1.91. The molecular weight excluding hydrogens is 186 g/mol. The van der Waals surface area contributed by atoms with Gasteiger partial charge in [-0.1, -0.05) is 13.8 Å². The molecule has 0 aliphatic heterocycles. The Morgan fingerprint density at radius 3 is 2.36 bits per heavy atom. The summed E-state index contributed by atoms with van der Waals surface area (Å²) in [6.07, 6.45) is -0.945. The zero-order chi connectivity index (χ0) is 11.1. The minimum atomic E-state index is -1.07. The summed E-state index contributed by atoms with van der Waals surface area (Å²) >= 11 is 0. The number of ether oxygens (including phenoxy) is 1. The van der Waals surface area contributed by atoms with Crippen LogP contribution in [0.2, 0.25) is 0 Å². The Morgan fingerprint density at radius 2 is 1.93 bits per heavy atom. The predicted molar refractivity (Wildman–Crippen MR) is 50.9 cm³/mol. The molecule has 0 aliphatic rings. The first-order valence-corrected chi connectivity index (χ1v) is 4.54. The average Bonchev–Trinajstić information content (AvgIpc) is 2.10. The van der Waals surface area contributed by atoms with Gasteiger partial charge in [0.25, 0.3) is 0 Å². The van der Waals surface area contributed by atoms with Gasteiger partial charge in [0.05, 0.1) is 0 Å². The SMILES string of the molecule is CC(C)CNC(=O)CO[C@H](C)C(=O)O. The molecule has 0 aromatic carbocycles. The molecule has 0 aromatic heterocycles. The quantitative estimate of drug-likeness (QED) is 0.648. The van der Waals surface area contributed by atoms with Gasteiger partial charge >= 0.3 is 5.97 Å². The summed E-state index contributed by atoms with van der Waals surface area (Å²) in [5.41, 5.74) is 0. The largest absolute Gasteiger partial charge is 0.479 e. The van der Waals surface area contributed by atoms with Crippen LogP contribution >= 0.6 is 0 Å². The van der Waals surface area contributed by atoms with E-state index in [0.717, 1.165) is 0 Å². The molecule has 1 atom stereocenters. The maximum atomic E-state index is 11.0. The van der Waals surface area contributed by atoms with Crippen molar-refractivity contribution in [1.29, 1.82) is 0 Å². The lowest BCUT2D eigenvalue weighted by atomic mass is 10.2. The number of aliphatic carboxylic acids is 1. The maximum absolute atomic E-state index is 11.0. The van der Waals surface area contributed by atoms with E-state index in [-0.39, 0.29) is 12.5 Å². The van der Waals surface area contributed by atoms with Crippen LogP contribution in [0.3, 0.4) is 0 Å². The summed E-state index contributed by atoms with van der Waals surface area (Å²) in [5.74, 6) is -0.982. The summed E-state index contributed by atoms with van der Waals surface area (Å²) in [6.45, 7) is 5.70. The first-order valence-electron chi connectivity index (χ1n) is 4.54. The number of nitrogens with one attached hydrogen (secondary N) is 1. The van der Waals surface area contributed by atoms with Crippen molar-refractivity contribution < 1.29 is 19.4 Å². The van der Waals surface area contributed by atoms with E-state index in [1.165, 1.54) is 6.92 Å². The molecule has 0 spiro atoms. The Bertz CT molecular complexity index is 203. The molecule has 1 amide bonds. The van der Waals surface area contributed by atoms with E-state index in [0.29, 0.717) is 12.5 Å². The lowest BCUT2D eigenvalue weighted by Crippen LogP contribution is -2.33. The van der Waals surface area contributed by atoms with Crippen LogP contribution in [0.25, 0.3) is 0 Å². The van der Waals surface area contributed by atoms with Crippen molar-refractivity contribution in [2.45, 2.75) is 26.9 Å². The summed E-state index contributed by atoms with van der Waals surface area (Å²) in [7, 11) is 0. The molecule has 0 bridgehead atoms. The smallest absolute Gasteiger partial charge is 0.332 e. The van der Waals surface area contributed by atoms with Gasteiger partial charge in [-0.3, -0.25) is 4.79 Å². The number of hydrogen-bond acceptors (Lipinski definition) is 3. The standard InChI is InChI=1S/C9H17NO4/c1-6(2)4-10-8(11)5-14-7(3)9(12)13/h6-7H,4-5H2,1-3H3,(H,10,11)(H,12,13)/t7-/m1/s1. The van der Waals surface area contributed by atoms with E-state index in [1.54, 1.807) is 0 Å². The van der Waals surface area contributed by atoms with Crippen LogP contribution in [-0.2, 0) is 14.3 Å². The summed E-state index contributed by atoms with van der Waals surface area (Å²) in [5, 5.41) is 11.1. The van der Waals surface area contributed by atoms with Gasteiger partial charge in [-0.25, -0.2) is 4.79 Å². The van der Waals surface area contributed by atoms with E-state index < -0.39 is 12.1 Å². The Balaban J connectivity index is 3.59. The third-order valence-electron chi connectivity index (χ3n) is 1.52. The molecule has 5 heteroatoms. The highest BCUT2D eigenvalue weighted by molar-refractivity contribution is 5.78. The lowest BCUT2D eigenvalue weighted by Gasteiger charge is -2.10. The monoisotopic (exact) mass is 203 g/mol. The van der Waals surface area contributed by atoms with Crippen LogP contribution in [0.4, 0.5) is 0 Å². The maximum Gasteiger partial charge on any atom is 0.332 e. The van der Waals surface area contributed by atoms with Crippen molar-refractivity contribution in [2.75, 3.05) is 13.2 Å². The van der Waals surface area contributed by atoms with E-state index in [1.807, 2.05) is 13.8 Å². The van der Waals surface area contributed by atoms with Crippen LogP contribution in [0.15, 0.2) is 0 Å². The number of carbonyl (C=O) groups excluding carboxylic acids is 1. The van der Waals surface area contributed by atoms with Gasteiger partial charge in [0.1, 0.15) is 6.61 Å². The molecule has 0 saturated heterocycles. The molecule has 0 saturated carbocycles. The third-order valence-corrected chi connectivity index (χ3v) is 1.52. The Morgan fingerprint density at radius 1 is 1.36 bits per heavy atom. The van der Waals surface area contributed by atoms with Crippen LogP contribution < -0.4 is 5.32 Å². The normalized spacial score (nSPS) is 12.6. The van der Waals surface area contributed by atoms with Crippen molar-refractivity contribution in [3.05, 3.63) is 0 Å².